The van der Waals surface area contributed by atoms with Crippen molar-refractivity contribution in [3.8, 4) is 11.3 Å². The Kier molecular flexibility index (Phi) is 5.05. The van der Waals surface area contributed by atoms with Gasteiger partial charge in [0.25, 0.3) is 0 Å². The van der Waals surface area contributed by atoms with Crippen molar-refractivity contribution in [3.63, 3.8) is 0 Å². The zero-order chi connectivity index (χ0) is 18.1. The van der Waals surface area contributed by atoms with Gasteiger partial charge in [-0.25, -0.2) is 13.8 Å². The number of hydrogen-bond donors (Lipinski definition) is 1. The molecular formula is C20H26F2N4. The van der Waals surface area contributed by atoms with Crippen LogP contribution in [0.5, 0.6) is 0 Å². The van der Waals surface area contributed by atoms with Gasteiger partial charge in [0.05, 0.1) is 11.6 Å². The van der Waals surface area contributed by atoms with Crippen LogP contribution in [-0.4, -0.2) is 53.3 Å². The zero-order valence-electron chi connectivity index (χ0n) is 15.2. The third-order valence-corrected chi connectivity index (χ3v) is 5.61. The molecule has 1 aromatic heterocycles. The zero-order valence-corrected chi connectivity index (χ0v) is 15.2. The first-order chi connectivity index (χ1) is 12.6. The van der Waals surface area contributed by atoms with Crippen LogP contribution in [-0.2, 0) is 6.54 Å². The van der Waals surface area contributed by atoms with Crippen LogP contribution in [0, 0.1) is 12.7 Å². The maximum absolute atomic E-state index is 14.5. The molecule has 2 aliphatic rings. The average molecular weight is 360 g/mol. The Morgan fingerprint density at radius 1 is 1.27 bits per heavy atom. The van der Waals surface area contributed by atoms with Crippen LogP contribution < -0.4 is 5.32 Å². The number of nitrogens with zero attached hydrogens (tertiary/aromatic N) is 3. The van der Waals surface area contributed by atoms with Crippen LogP contribution in [0.15, 0.2) is 24.4 Å². The number of imidazole rings is 1. The summed E-state index contributed by atoms with van der Waals surface area (Å²) in [7, 11) is 0. The third-order valence-electron chi connectivity index (χ3n) is 5.61. The molecule has 3 heterocycles. The summed E-state index contributed by atoms with van der Waals surface area (Å²) in [5.41, 5.74) is 2.29. The van der Waals surface area contributed by atoms with E-state index in [9.17, 15) is 8.78 Å². The second-order valence-corrected chi connectivity index (χ2v) is 7.45. The fourth-order valence-electron chi connectivity index (χ4n) is 3.81. The molecule has 2 atom stereocenters. The van der Waals surface area contributed by atoms with Gasteiger partial charge in [-0.05, 0) is 63.2 Å². The minimum absolute atomic E-state index is 0.178. The van der Waals surface area contributed by atoms with Gasteiger partial charge in [0.2, 0.25) is 0 Å². The fraction of sp³-hybridized carbons (Fsp3) is 0.550. The lowest BCUT2D eigenvalue weighted by molar-refractivity contribution is 0.171. The molecule has 6 heteroatoms. The Morgan fingerprint density at radius 3 is 2.81 bits per heavy atom. The molecule has 4 rings (SSSR count). The molecule has 2 aliphatic heterocycles. The van der Waals surface area contributed by atoms with Gasteiger partial charge in [0.1, 0.15) is 17.8 Å². The molecular weight excluding hydrogens is 334 g/mol. The number of aromatic nitrogens is 2. The van der Waals surface area contributed by atoms with E-state index in [0.29, 0.717) is 12.1 Å². The number of benzene rings is 1. The van der Waals surface area contributed by atoms with Crippen molar-refractivity contribution in [2.45, 2.75) is 38.4 Å². The van der Waals surface area contributed by atoms with E-state index >= 15 is 0 Å². The van der Waals surface area contributed by atoms with Crippen molar-refractivity contribution in [3.05, 3.63) is 41.6 Å². The molecule has 0 saturated carbocycles. The molecule has 1 N–H and O–H groups in total. The van der Waals surface area contributed by atoms with Crippen LogP contribution in [0.3, 0.4) is 0 Å². The van der Waals surface area contributed by atoms with Crippen molar-refractivity contribution in [1.29, 1.82) is 0 Å². The smallest absolute Gasteiger partial charge is 0.126 e. The van der Waals surface area contributed by atoms with E-state index in [1.54, 1.807) is 13.0 Å². The first-order valence-corrected chi connectivity index (χ1v) is 9.52. The normalized spacial score (nSPS) is 23.8. The van der Waals surface area contributed by atoms with Crippen molar-refractivity contribution < 1.29 is 8.78 Å². The molecule has 140 valence electrons. The summed E-state index contributed by atoms with van der Waals surface area (Å²) < 4.78 is 30.3. The summed E-state index contributed by atoms with van der Waals surface area (Å²) in [6.45, 7) is 7.03. The Morgan fingerprint density at radius 2 is 2.12 bits per heavy atom. The Hall–Kier alpha value is -1.79. The Bertz CT molecular complexity index is 769. The first-order valence-electron chi connectivity index (χ1n) is 9.52. The molecule has 0 spiro atoms. The summed E-state index contributed by atoms with van der Waals surface area (Å²) >= 11 is 0. The molecule has 0 radical (unpaired) electrons. The van der Waals surface area contributed by atoms with Crippen molar-refractivity contribution in [2.24, 2.45) is 0 Å². The van der Waals surface area contributed by atoms with Crippen LogP contribution in [0.1, 0.15) is 30.1 Å². The highest BCUT2D eigenvalue weighted by molar-refractivity contribution is 5.60. The summed E-state index contributed by atoms with van der Waals surface area (Å²) in [5, 5.41) is 3.11. The van der Waals surface area contributed by atoms with E-state index in [2.05, 4.69) is 14.8 Å². The minimum atomic E-state index is -0.920. The van der Waals surface area contributed by atoms with Crippen molar-refractivity contribution >= 4 is 0 Å². The van der Waals surface area contributed by atoms with E-state index in [1.807, 2.05) is 12.3 Å². The maximum atomic E-state index is 14.5. The summed E-state index contributed by atoms with van der Waals surface area (Å²) in [4.78, 5) is 7.20. The van der Waals surface area contributed by atoms with Gasteiger partial charge in [-0.2, -0.15) is 0 Å². The van der Waals surface area contributed by atoms with Gasteiger partial charge in [0.15, 0.2) is 0 Å². The van der Waals surface area contributed by atoms with Crippen LogP contribution in [0.4, 0.5) is 8.78 Å². The monoisotopic (exact) mass is 360 g/mol. The number of aryl methyl sites for hydroxylation is 1. The molecule has 26 heavy (non-hydrogen) atoms. The molecule has 0 bridgehead atoms. The molecule has 2 aromatic rings. The predicted molar refractivity (Wildman–Crippen MR) is 98.5 cm³/mol. The second kappa shape index (κ2) is 7.45. The third kappa shape index (κ3) is 3.53. The van der Waals surface area contributed by atoms with Crippen LogP contribution in [0.2, 0.25) is 0 Å². The number of piperidine rings is 1. The topological polar surface area (TPSA) is 33.1 Å². The molecule has 0 aliphatic carbocycles. The summed E-state index contributed by atoms with van der Waals surface area (Å²) in [6.07, 6.45) is 3.11. The number of likely N-dealkylation sites (tertiary alicyclic amines) is 1. The average Bonchev–Trinajstić information content (AvgIpc) is 3.00. The number of hydrogen-bond acceptors (Lipinski definition) is 3. The van der Waals surface area contributed by atoms with Gasteiger partial charge in [-0.15, -0.1) is 0 Å². The van der Waals surface area contributed by atoms with E-state index in [1.165, 1.54) is 12.5 Å². The quantitative estimate of drug-likeness (QED) is 0.889. The molecule has 2 saturated heterocycles. The highest BCUT2D eigenvalue weighted by Crippen LogP contribution is 2.30. The number of rotatable bonds is 5. The molecule has 0 amide bonds. The number of halogens is 2. The van der Waals surface area contributed by atoms with Gasteiger partial charge in [0, 0.05) is 31.4 Å². The van der Waals surface area contributed by atoms with Crippen molar-refractivity contribution in [1.82, 2.24) is 19.8 Å². The van der Waals surface area contributed by atoms with Crippen molar-refractivity contribution in [2.75, 3.05) is 32.7 Å². The minimum Gasteiger partial charge on any atom is -0.333 e. The predicted octanol–water partition coefficient (Wildman–Crippen LogP) is 3.12. The lowest BCUT2D eigenvalue weighted by Gasteiger charge is -2.31. The highest BCUT2D eigenvalue weighted by atomic mass is 19.1. The van der Waals surface area contributed by atoms with E-state index in [-0.39, 0.29) is 11.7 Å². The molecule has 4 nitrogen and oxygen atoms in total. The number of alkyl halides is 1. The molecule has 1 aromatic carbocycles. The van der Waals surface area contributed by atoms with Crippen LogP contribution >= 0.6 is 0 Å². The van der Waals surface area contributed by atoms with Gasteiger partial charge in [-0.3, -0.25) is 0 Å². The van der Waals surface area contributed by atoms with E-state index in [4.69, 9.17) is 4.98 Å². The first kappa shape index (κ1) is 17.6. The largest absolute Gasteiger partial charge is 0.333 e. The highest BCUT2D eigenvalue weighted by Gasteiger charge is 2.30. The summed E-state index contributed by atoms with van der Waals surface area (Å²) in [5.74, 6) is 0.438. The Balaban J connectivity index is 1.64. The second-order valence-electron chi connectivity index (χ2n) is 7.45. The molecule has 0 unspecified atom stereocenters. The lowest BCUT2D eigenvalue weighted by atomic mass is 9.95. The van der Waals surface area contributed by atoms with E-state index < -0.39 is 6.17 Å². The number of nitrogens with one attached hydrogen (secondary N) is 1. The standard InChI is InChI=1S/C20H26F2N4/c1-14-11-15(3-4-17(14)21)19-13-26(10-9-25-7-2-8-25)20(24-19)16-5-6-23-12-18(16)22/h3-4,11,13,16,18,23H,2,5-10,12H2,1H3/t16-,18+/m1/s1. The molecule has 2 fully saturated rings. The summed E-state index contributed by atoms with van der Waals surface area (Å²) in [6, 6.07) is 5.05. The lowest BCUT2D eigenvalue weighted by Crippen LogP contribution is -2.40. The van der Waals surface area contributed by atoms with Gasteiger partial charge < -0.3 is 14.8 Å². The Labute approximate surface area is 153 Å². The van der Waals surface area contributed by atoms with Gasteiger partial charge in [-0.1, -0.05) is 0 Å². The van der Waals surface area contributed by atoms with E-state index in [0.717, 1.165) is 56.2 Å². The maximum Gasteiger partial charge on any atom is 0.126 e. The SMILES string of the molecule is Cc1cc(-c2cn(CCN3CCC3)c([C@@H]3CCNC[C@@H]3F)n2)ccc1F. The van der Waals surface area contributed by atoms with Crippen LogP contribution in [0.25, 0.3) is 11.3 Å². The van der Waals surface area contributed by atoms with Gasteiger partial charge >= 0.3 is 0 Å². The fourth-order valence-corrected chi connectivity index (χ4v) is 3.81.